The summed E-state index contributed by atoms with van der Waals surface area (Å²) < 4.78 is 11.3. The van der Waals surface area contributed by atoms with Crippen molar-refractivity contribution in [2.45, 2.75) is 11.8 Å². The average Bonchev–Trinajstić information content (AvgIpc) is 2.49. The largest absolute Gasteiger partial charge is 0.494 e. The van der Waals surface area contributed by atoms with E-state index in [0.29, 0.717) is 23.7 Å². The number of benzene rings is 2. The molecule has 0 aliphatic heterocycles. The van der Waals surface area contributed by atoms with Crippen LogP contribution in [0.1, 0.15) is 12.5 Å². The van der Waals surface area contributed by atoms with Crippen LogP contribution in [0.5, 0.6) is 17.2 Å². The van der Waals surface area contributed by atoms with Gasteiger partial charge in [0.05, 0.1) is 12.2 Å². The topological polar surface area (TPSA) is 68.3 Å². The molecule has 0 bridgehead atoms. The maximum atomic E-state index is 7.74. The van der Waals surface area contributed by atoms with Gasteiger partial charge in [-0.25, -0.2) is 0 Å². The summed E-state index contributed by atoms with van der Waals surface area (Å²) in [6.45, 7) is 2.57. The van der Waals surface area contributed by atoms with Crippen molar-refractivity contribution in [2.75, 3.05) is 12.9 Å². The van der Waals surface area contributed by atoms with Gasteiger partial charge < -0.3 is 15.2 Å². The lowest BCUT2D eigenvalue weighted by Crippen LogP contribution is -2.13. The van der Waals surface area contributed by atoms with Crippen molar-refractivity contribution >= 4 is 17.6 Å². The van der Waals surface area contributed by atoms with Gasteiger partial charge in [-0.1, -0.05) is 6.07 Å². The van der Waals surface area contributed by atoms with Crippen LogP contribution in [0.15, 0.2) is 47.4 Å². The van der Waals surface area contributed by atoms with Crippen LogP contribution in [0.3, 0.4) is 0 Å². The predicted molar refractivity (Wildman–Crippen MR) is 86.9 cm³/mol. The fourth-order valence-corrected chi connectivity index (χ4v) is 2.56. The maximum Gasteiger partial charge on any atom is 0.139 e. The molecule has 0 aromatic heterocycles. The molecule has 110 valence electrons. The molecule has 0 unspecified atom stereocenters. The molecule has 0 aliphatic carbocycles. The Morgan fingerprint density at radius 3 is 2.38 bits per heavy atom. The smallest absolute Gasteiger partial charge is 0.139 e. The minimum atomic E-state index is 0.000821. The van der Waals surface area contributed by atoms with Gasteiger partial charge in [-0.3, -0.25) is 5.41 Å². The molecule has 0 radical (unpaired) electrons. The number of thioether (sulfide) groups is 1. The molecule has 21 heavy (non-hydrogen) atoms. The first-order valence-corrected chi connectivity index (χ1v) is 7.80. The fraction of sp³-hybridized carbons (Fsp3) is 0.188. The second-order valence-corrected chi connectivity index (χ2v) is 5.10. The molecule has 0 atom stereocenters. The number of nitrogen functional groups attached to an aromatic ring is 1. The molecule has 2 rings (SSSR count). The second-order valence-electron chi connectivity index (χ2n) is 4.25. The molecule has 0 aliphatic rings. The lowest BCUT2D eigenvalue weighted by atomic mass is 10.2. The quantitative estimate of drug-likeness (QED) is 0.482. The highest BCUT2D eigenvalue weighted by molar-refractivity contribution is 7.98. The van der Waals surface area contributed by atoms with E-state index in [2.05, 4.69) is 0 Å². The summed E-state index contributed by atoms with van der Waals surface area (Å²) in [7, 11) is 0. The molecule has 3 N–H and O–H groups in total. The van der Waals surface area contributed by atoms with Crippen LogP contribution in [0.4, 0.5) is 0 Å². The molecule has 0 spiro atoms. The normalized spacial score (nSPS) is 10.2. The number of hydrogen-bond donors (Lipinski definition) is 2. The number of rotatable bonds is 6. The van der Waals surface area contributed by atoms with Crippen LogP contribution in [0.2, 0.25) is 0 Å². The minimum absolute atomic E-state index is 0.000821. The Kier molecular flexibility index (Phi) is 5.11. The molecule has 4 nitrogen and oxygen atoms in total. The van der Waals surface area contributed by atoms with Crippen molar-refractivity contribution in [1.82, 2.24) is 0 Å². The number of nitrogens with one attached hydrogen (secondary N) is 1. The Bertz CT molecular complexity index is 627. The van der Waals surface area contributed by atoms with E-state index in [-0.39, 0.29) is 5.84 Å². The molecule has 0 saturated carbocycles. The van der Waals surface area contributed by atoms with E-state index in [1.807, 2.05) is 55.6 Å². The Balaban J connectivity index is 2.28. The van der Waals surface area contributed by atoms with E-state index in [9.17, 15) is 0 Å². The molecule has 0 heterocycles. The van der Waals surface area contributed by atoms with Crippen molar-refractivity contribution in [3.8, 4) is 17.2 Å². The summed E-state index contributed by atoms with van der Waals surface area (Å²) in [5.74, 6) is 2.06. The van der Waals surface area contributed by atoms with Crippen molar-refractivity contribution < 1.29 is 9.47 Å². The zero-order chi connectivity index (χ0) is 15.2. The van der Waals surface area contributed by atoms with Gasteiger partial charge >= 0.3 is 0 Å². The zero-order valence-corrected chi connectivity index (χ0v) is 12.9. The van der Waals surface area contributed by atoms with Crippen LogP contribution in [-0.2, 0) is 0 Å². The highest BCUT2D eigenvalue weighted by atomic mass is 32.2. The minimum Gasteiger partial charge on any atom is -0.494 e. The van der Waals surface area contributed by atoms with E-state index in [4.69, 9.17) is 20.6 Å². The molecular formula is C16H18N2O2S. The standard InChI is InChI=1S/C16H18N2O2S/c1-3-19-11-7-9-12(10-8-11)20-13-5-4-6-14(21-2)15(13)16(17)18/h4-10H,3H2,1-2H3,(H3,17,18). The summed E-state index contributed by atoms with van der Waals surface area (Å²) in [5, 5.41) is 7.74. The third kappa shape index (κ3) is 3.70. The molecule has 0 amide bonds. The van der Waals surface area contributed by atoms with E-state index < -0.39 is 0 Å². The molecule has 2 aromatic carbocycles. The molecule has 5 heteroatoms. The maximum absolute atomic E-state index is 7.74. The number of nitrogens with two attached hydrogens (primary N) is 1. The number of hydrogen-bond acceptors (Lipinski definition) is 4. The lowest BCUT2D eigenvalue weighted by Gasteiger charge is -2.13. The predicted octanol–water partition coefficient (Wildman–Crippen LogP) is 3.88. The first-order chi connectivity index (χ1) is 10.2. The molecular weight excluding hydrogens is 284 g/mol. The van der Waals surface area contributed by atoms with E-state index in [1.54, 1.807) is 0 Å². The molecule has 0 fully saturated rings. The van der Waals surface area contributed by atoms with Crippen molar-refractivity contribution in [3.63, 3.8) is 0 Å². The van der Waals surface area contributed by atoms with E-state index >= 15 is 0 Å². The van der Waals surface area contributed by atoms with Gasteiger partial charge in [-0.15, -0.1) is 11.8 Å². The molecule has 0 saturated heterocycles. The van der Waals surface area contributed by atoms with Crippen LogP contribution < -0.4 is 15.2 Å². The number of ether oxygens (including phenoxy) is 2. The van der Waals surface area contributed by atoms with Gasteiger partial charge in [-0.05, 0) is 49.6 Å². The first kappa shape index (κ1) is 15.3. The Labute approximate surface area is 128 Å². The van der Waals surface area contributed by atoms with Gasteiger partial charge in [0, 0.05) is 4.90 Å². The van der Waals surface area contributed by atoms with Crippen molar-refractivity contribution in [2.24, 2.45) is 5.73 Å². The van der Waals surface area contributed by atoms with Crippen LogP contribution in [-0.4, -0.2) is 18.7 Å². The third-order valence-electron chi connectivity index (χ3n) is 2.84. The first-order valence-electron chi connectivity index (χ1n) is 6.57. The van der Waals surface area contributed by atoms with Crippen LogP contribution >= 0.6 is 11.8 Å². The number of amidine groups is 1. The van der Waals surface area contributed by atoms with Crippen LogP contribution in [0, 0.1) is 5.41 Å². The highest BCUT2D eigenvalue weighted by Crippen LogP contribution is 2.32. The highest BCUT2D eigenvalue weighted by Gasteiger charge is 2.12. The summed E-state index contributed by atoms with van der Waals surface area (Å²) in [6.07, 6.45) is 1.95. The van der Waals surface area contributed by atoms with Gasteiger partial charge in [0.25, 0.3) is 0 Å². The van der Waals surface area contributed by atoms with Gasteiger partial charge in [0.1, 0.15) is 23.1 Å². The molecule has 2 aromatic rings. The van der Waals surface area contributed by atoms with Gasteiger partial charge in [-0.2, -0.15) is 0 Å². The van der Waals surface area contributed by atoms with E-state index in [1.165, 1.54) is 11.8 Å². The average molecular weight is 302 g/mol. The SMILES string of the molecule is CCOc1ccc(Oc2cccc(SC)c2C(=N)N)cc1. The van der Waals surface area contributed by atoms with Gasteiger partial charge in [0.2, 0.25) is 0 Å². The summed E-state index contributed by atoms with van der Waals surface area (Å²) >= 11 is 1.54. The van der Waals surface area contributed by atoms with E-state index in [0.717, 1.165) is 10.6 Å². The summed E-state index contributed by atoms with van der Waals surface area (Å²) in [4.78, 5) is 0.922. The van der Waals surface area contributed by atoms with Crippen molar-refractivity contribution in [3.05, 3.63) is 48.0 Å². The summed E-state index contributed by atoms with van der Waals surface area (Å²) in [5.41, 5.74) is 6.30. The van der Waals surface area contributed by atoms with Crippen LogP contribution in [0.25, 0.3) is 0 Å². The Morgan fingerprint density at radius 2 is 1.81 bits per heavy atom. The van der Waals surface area contributed by atoms with Crippen molar-refractivity contribution in [1.29, 1.82) is 5.41 Å². The third-order valence-corrected chi connectivity index (χ3v) is 3.62. The summed E-state index contributed by atoms with van der Waals surface area (Å²) in [6, 6.07) is 13.0. The fourth-order valence-electron chi connectivity index (χ4n) is 1.93. The second kappa shape index (κ2) is 7.04. The zero-order valence-electron chi connectivity index (χ0n) is 12.1. The Hall–Kier alpha value is -2.14. The monoisotopic (exact) mass is 302 g/mol. The Morgan fingerprint density at radius 1 is 1.14 bits per heavy atom. The van der Waals surface area contributed by atoms with Gasteiger partial charge in [0.15, 0.2) is 0 Å². The lowest BCUT2D eigenvalue weighted by molar-refractivity contribution is 0.339.